The zero-order valence-electron chi connectivity index (χ0n) is 16.7. The summed E-state index contributed by atoms with van der Waals surface area (Å²) in [5.41, 5.74) is 3.42. The molecule has 1 aromatic heterocycles. The quantitative estimate of drug-likeness (QED) is 0.506. The van der Waals surface area contributed by atoms with Gasteiger partial charge in [0, 0.05) is 6.04 Å². The van der Waals surface area contributed by atoms with Gasteiger partial charge in [-0.1, -0.05) is 36.9 Å². The summed E-state index contributed by atoms with van der Waals surface area (Å²) in [5, 5.41) is 4.04. The number of hydrogen-bond acceptors (Lipinski definition) is 4. The average Bonchev–Trinajstić information content (AvgIpc) is 2.65. The van der Waals surface area contributed by atoms with Gasteiger partial charge in [0.25, 0.3) is 5.56 Å². The number of nitrogens with zero attached hydrogens (tertiary/aromatic N) is 2. The van der Waals surface area contributed by atoms with Gasteiger partial charge in [0.15, 0.2) is 5.16 Å². The van der Waals surface area contributed by atoms with E-state index in [0.29, 0.717) is 16.1 Å². The van der Waals surface area contributed by atoms with Crippen LogP contribution < -0.4 is 10.9 Å². The van der Waals surface area contributed by atoms with E-state index < -0.39 is 0 Å². The van der Waals surface area contributed by atoms with E-state index in [1.54, 1.807) is 10.6 Å². The lowest BCUT2D eigenvalue weighted by molar-refractivity contribution is -0.119. The summed E-state index contributed by atoms with van der Waals surface area (Å²) in [7, 11) is 0. The third-order valence-electron chi connectivity index (χ3n) is 4.56. The molecule has 0 fully saturated rings. The van der Waals surface area contributed by atoms with Crippen LogP contribution in [0.3, 0.4) is 0 Å². The molecule has 0 aliphatic rings. The van der Waals surface area contributed by atoms with E-state index in [-0.39, 0.29) is 23.3 Å². The van der Waals surface area contributed by atoms with Crippen molar-refractivity contribution in [1.82, 2.24) is 14.9 Å². The highest BCUT2D eigenvalue weighted by Crippen LogP contribution is 2.22. The Balaban J connectivity index is 2.07. The fourth-order valence-corrected chi connectivity index (χ4v) is 3.89. The number of amides is 1. The molecule has 1 heterocycles. The number of fused-ring (bicyclic) bond motifs is 1. The molecule has 0 bridgehead atoms. The highest BCUT2D eigenvalue weighted by molar-refractivity contribution is 7.99. The van der Waals surface area contributed by atoms with Crippen molar-refractivity contribution in [3.8, 4) is 5.69 Å². The Morgan fingerprint density at radius 3 is 2.54 bits per heavy atom. The summed E-state index contributed by atoms with van der Waals surface area (Å²) >= 11 is 1.28. The molecule has 3 rings (SSSR count). The molecule has 0 unspecified atom stereocenters. The normalized spacial score (nSPS) is 12.1. The number of carbonyl (C=O) groups excluding carboxylic acids is 1. The molecule has 6 heteroatoms. The molecule has 1 N–H and O–H groups in total. The van der Waals surface area contributed by atoms with E-state index in [1.165, 1.54) is 11.8 Å². The van der Waals surface area contributed by atoms with Gasteiger partial charge in [-0.3, -0.25) is 14.2 Å². The largest absolute Gasteiger partial charge is 0.353 e. The van der Waals surface area contributed by atoms with Crippen LogP contribution in [0, 0.1) is 13.8 Å². The molecule has 0 aliphatic carbocycles. The van der Waals surface area contributed by atoms with E-state index in [2.05, 4.69) is 16.4 Å². The van der Waals surface area contributed by atoms with E-state index >= 15 is 0 Å². The van der Waals surface area contributed by atoms with Gasteiger partial charge in [-0.05, 0) is 62.6 Å². The fourth-order valence-electron chi connectivity index (χ4n) is 3.07. The topological polar surface area (TPSA) is 64.0 Å². The number of thioether (sulfide) groups is 1. The summed E-state index contributed by atoms with van der Waals surface area (Å²) in [6.45, 7) is 8.01. The van der Waals surface area contributed by atoms with Crippen molar-refractivity contribution in [1.29, 1.82) is 0 Å². The smallest absolute Gasteiger partial charge is 0.266 e. The van der Waals surface area contributed by atoms with E-state index in [1.807, 2.05) is 58.0 Å². The number of aryl methyl sites for hydroxylation is 2. The first kappa shape index (κ1) is 20.1. The molecule has 0 saturated carbocycles. The molecule has 1 atom stereocenters. The second-order valence-corrected chi connectivity index (χ2v) is 8.01. The molecule has 0 aliphatic heterocycles. The van der Waals surface area contributed by atoms with Crippen LogP contribution in [0.4, 0.5) is 0 Å². The Labute approximate surface area is 169 Å². The highest BCUT2D eigenvalue weighted by Gasteiger charge is 2.15. The first-order valence-electron chi connectivity index (χ1n) is 9.41. The van der Waals surface area contributed by atoms with Crippen LogP contribution in [-0.2, 0) is 4.79 Å². The maximum absolute atomic E-state index is 13.3. The molecular formula is C22H25N3O2S. The van der Waals surface area contributed by atoms with Crippen LogP contribution in [0.15, 0.2) is 52.4 Å². The lowest BCUT2D eigenvalue weighted by atomic mass is 10.1. The Bertz CT molecular complexity index is 1050. The summed E-state index contributed by atoms with van der Waals surface area (Å²) < 4.78 is 1.61. The summed E-state index contributed by atoms with van der Waals surface area (Å²) in [6, 6.07) is 13.4. The standard InChI is InChI=1S/C22H25N3O2S/c1-5-16(4)23-20(26)13-28-22-24-19-9-7-6-8-18(19)21(27)25(22)17-11-14(2)10-15(3)12-17/h6-12,16H,5,13H2,1-4H3,(H,23,26)/t16-/m0/s1. The molecule has 1 amide bonds. The van der Waals surface area contributed by atoms with Crippen molar-refractivity contribution in [2.75, 3.05) is 5.75 Å². The van der Waals surface area contributed by atoms with Crippen LogP contribution >= 0.6 is 11.8 Å². The maximum atomic E-state index is 13.3. The van der Waals surface area contributed by atoms with Crippen molar-refractivity contribution < 1.29 is 4.79 Å². The fraction of sp³-hybridized carbons (Fsp3) is 0.318. The van der Waals surface area contributed by atoms with Gasteiger partial charge in [0.2, 0.25) is 5.91 Å². The van der Waals surface area contributed by atoms with Gasteiger partial charge >= 0.3 is 0 Å². The number of nitrogens with one attached hydrogen (secondary N) is 1. The van der Waals surface area contributed by atoms with E-state index in [0.717, 1.165) is 23.2 Å². The number of benzene rings is 2. The van der Waals surface area contributed by atoms with Crippen molar-refractivity contribution >= 4 is 28.6 Å². The molecule has 5 nitrogen and oxygen atoms in total. The number of hydrogen-bond donors (Lipinski definition) is 1. The second kappa shape index (κ2) is 8.61. The van der Waals surface area contributed by atoms with Crippen molar-refractivity contribution in [3.63, 3.8) is 0 Å². The molecule has 28 heavy (non-hydrogen) atoms. The minimum atomic E-state index is -0.125. The summed E-state index contributed by atoms with van der Waals surface area (Å²) in [4.78, 5) is 30.2. The second-order valence-electron chi connectivity index (χ2n) is 7.06. The number of aromatic nitrogens is 2. The Kier molecular flexibility index (Phi) is 6.19. The highest BCUT2D eigenvalue weighted by atomic mass is 32.2. The van der Waals surface area contributed by atoms with Gasteiger partial charge in [-0.25, -0.2) is 4.98 Å². The Morgan fingerprint density at radius 1 is 1.18 bits per heavy atom. The van der Waals surface area contributed by atoms with Crippen LogP contribution in [0.25, 0.3) is 16.6 Å². The van der Waals surface area contributed by atoms with Crippen molar-refractivity contribution in [2.24, 2.45) is 0 Å². The Morgan fingerprint density at radius 2 is 1.86 bits per heavy atom. The molecule has 0 radical (unpaired) electrons. The number of para-hydroxylation sites is 1. The predicted octanol–water partition coefficient (Wildman–Crippen LogP) is 4.01. The first-order chi connectivity index (χ1) is 13.4. The van der Waals surface area contributed by atoms with Crippen molar-refractivity contribution in [3.05, 3.63) is 63.9 Å². The zero-order chi connectivity index (χ0) is 20.3. The lowest BCUT2D eigenvalue weighted by Crippen LogP contribution is -2.33. The van der Waals surface area contributed by atoms with Gasteiger partial charge in [-0.2, -0.15) is 0 Å². The molecule has 0 saturated heterocycles. The molecule has 3 aromatic rings. The van der Waals surface area contributed by atoms with Gasteiger partial charge in [-0.15, -0.1) is 0 Å². The lowest BCUT2D eigenvalue weighted by Gasteiger charge is -2.15. The molecule has 146 valence electrons. The average molecular weight is 396 g/mol. The third-order valence-corrected chi connectivity index (χ3v) is 5.50. The van der Waals surface area contributed by atoms with Gasteiger partial charge in [0.1, 0.15) is 0 Å². The van der Waals surface area contributed by atoms with Crippen LogP contribution in [0.2, 0.25) is 0 Å². The summed E-state index contributed by atoms with van der Waals surface area (Å²) in [5.74, 6) is 0.147. The monoisotopic (exact) mass is 395 g/mol. The van der Waals surface area contributed by atoms with Gasteiger partial charge < -0.3 is 5.32 Å². The molecule has 0 spiro atoms. The SMILES string of the molecule is CC[C@H](C)NC(=O)CSc1nc2ccccc2c(=O)n1-c1cc(C)cc(C)c1. The van der Waals surface area contributed by atoms with Crippen LogP contribution in [-0.4, -0.2) is 27.3 Å². The molecular weight excluding hydrogens is 370 g/mol. The van der Waals surface area contributed by atoms with Crippen molar-refractivity contribution in [2.45, 2.75) is 45.3 Å². The van der Waals surface area contributed by atoms with E-state index in [4.69, 9.17) is 0 Å². The zero-order valence-corrected chi connectivity index (χ0v) is 17.5. The number of rotatable bonds is 6. The minimum absolute atomic E-state index is 0.0614. The summed E-state index contributed by atoms with van der Waals surface area (Å²) in [6.07, 6.45) is 0.873. The minimum Gasteiger partial charge on any atom is -0.353 e. The van der Waals surface area contributed by atoms with E-state index in [9.17, 15) is 9.59 Å². The Hall–Kier alpha value is -2.60. The maximum Gasteiger partial charge on any atom is 0.266 e. The van der Waals surface area contributed by atoms with Crippen LogP contribution in [0.1, 0.15) is 31.4 Å². The third kappa shape index (κ3) is 4.44. The predicted molar refractivity (Wildman–Crippen MR) is 115 cm³/mol. The number of carbonyl (C=O) groups is 1. The van der Waals surface area contributed by atoms with Crippen LogP contribution in [0.5, 0.6) is 0 Å². The first-order valence-corrected chi connectivity index (χ1v) is 10.4. The molecule has 2 aromatic carbocycles. The van der Waals surface area contributed by atoms with Gasteiger partial charge in [0.05, 0.1) is 22.3 Å².